The van der Waals surface area contributed by atoms with Gasteiger partial charge in [-0.1, -0.05) is 6.92 Å². The van der Waals surface area contributed by atoms with E-state index in [2.05, 4.69) is 6.92 Å². The first-order valence-electron chi connectivity index (χ1n) is 6.53. The van der Waals surface area contributed by atoms with Crippen molar-refractivity contribution in [2.75, 3.05) is 25.1 Å². The van der Waals surface area contributed by atoms with Crippen molar-refractivity contribution in [2.45, 2.75) is 19.4 Å². The maximum Gasteiger partial charge on any atom is 0.292 e. The van der Waals surface area contributed by atoms with Gasteiger partial charge in [0.25, 0.3) is 5.69 Å². The Labute approximate surface area is 117 Å². The molecule has 20 heavy (non-hydrogen) atoms. The van der Waals surface area contributed by atoms with Gasteiger partial charge in [0.15, 0.2) is 0 Å². The first-order chi connectivity index (χ1) is 9.56. The van der Waals surface area contributed by atoms with E-state index in [0.29, 0.717) is 23.7 Å². The number of anilines is 1. The summed E-state index contributed by atoms with van der Waals surface area (Å²) in [7, 11) is 1.66. The molecular weight excluding hydrogens is 258 g/mol. The van der Waals surface area contributed by atoms with Crippen molar-refractivity contribution in [1.29, 1.82) is 5.26 Å². The van der Waals surface area contributed by atoms with Crippen LogP contribution in [0.1, 0.15) is 18.9 Å². The molecule has 2 unspecified atom stereocenters. The van der Waals surface area contributed by atoms with E-state index in [1.54, 1.807) is 13.2 Å². The van der Waals surface area contributed by atoms with Crippen molar-refractivity contribution >= 4 is 11.4 Å². The van der Waals surface area contributed by atoms with Gasteiger partial charge >= 0.3 is 0 Å². The van der Waals surface area contributed by atoms with E-state index in [1.807, 2.05) is 11.0 Å². The van der Waals surface area contributed by atoms with Crippen LogP contribution in [-0.2, 0) is 4.74 Å². The second-order valence-corrected chi connectivity index (χ2v) is 5.06. The Kier molecular flexibility index (Phi) is 4.20. The molecule has 0 aliphatic carbocycles. The smallest absolute Gasteiger partial charge is 0.292 e. The molecule has 1 saturated heterocycles. The van der Waals surface area contributed by atoms with Crippen LogP contribution < -0.4 is 4.90 Å². The fraction of sp³-hybridized carbons (Fsp3) is 0.500. The van der Waals surface area contributed by atoms with Crippen molar-refractivity contribution in [3.63, 3.8) is 0 Å². The Bertz CT molecular complexity index is 553. The van der Waals surface area contributed by atoms with Crippen LogP contribution in [0, 0.1) is 27.4 Å². The highest BCUT2D eigenvalue weighted by atomic mass is 16.6. The van der Waals surface area contributed by atoms with Crippen LogP contribution in [0.15, 0.2) is 18.2 Å². The molecule has 1 aliphatic heterocycles. The normalized spacial score (nSPS) is 22.4. The molecular formula is C14H17N3O3. The van der Waals surface area contributed by atoms with Gasteiger partial charge in [-0.25, -0.2) is 0 Å². The molecule has 1 fully saturated rings. The average Bonchev–Trinajstić information content (AvgIpc) is 2.47. The fourth-order valence-electron chi connectivity index (χ4n) is 2.56. The van der Waals surface area contributed by atoms with E-state index in [1.165, 1.54) is 12.1 Å². The van der Waals surface area contributed by atoms with Crippen molar-refractivity contribution in [3.8, 4) is 6.07 Å². The molecule has 1 heterocycles. The standard InChI is InChI=1S/C14H17N3O3/c1-10-5-6-16(9-14(10)20-2)13-7-11(8-15)3-4-12(13)17(18)19/h3-4,7,10,14H,5-6,9H2,1-2H3. The Morgan fingerprint density at radius 3 is 2.90 bits per heavy atom. The largest absolute Gasteiger partial charge is 0.379 e. The quantitative estimate of drug-likeness (QED) is 0.624. The molecule has 6 nitrogen and oxygen atoms in total. The second-order valence-electron chi connectivity index (χ2n) is 5.06. The van der Waals surface area contributed by atoms with Gasteiger partial charge < -0.3 is 9.64 Å². The number of benzene rings is 1. The van der Waals surface area contributed by atoms with Crippen LogP contribution in [0.4, 0.5) is 11.4 Å². The second kappa shape index (κ2) is 5.88. The predicted molar refractivity (Wildman–Crippen MR) is 74.6 cm³/mol. The third-order valence-corrected chi connectivity index (χ3v) is 3.83. The van der Waals surface area contributed by atoms with Crippen LogP contribution in [0.2, 0.25) is 0 Å². The molecule has 0 spiro atoms. The van der Waals surface area contributed by atoms with Crippen LogP contribution in [0.3, 0.4) is 0 Å². The monoisotopic (exact) mass is 275 g/mol. The topological polar surface area (TPSA) is 79.4 Å². The lowest BCUT2D eigenvalue weighted by molar-refractivity contribution is -0.384. The summed E-state index contributed by atoms with van der Waals surface area (Å²) in [6.07, 6.45) is 0.959. The summed E-state index contributed by atoms with van der Waals surface area (Å²) >= 11 is 0. The first kappa shape index (κ1) is 14.3. The van der Waals surface area contributed by atoms with Crippen molar-refractivity contribution in [1.82, 2.24) is 0 Å². The van der Waals surface area contributed by atoms with Gasteiger partial charge in [0.1, 0.15) is 5.69 Å². The number of nitrogens with zero attached hydrogens (tertiary/aromatic N) is 3. The summed E-state index contributed by atoms with van der Waals surface area (Å²) in [5, 5.41) is 20.1. The van der Waals surface area contributed by atoms with Crippen molar-refractivity contribution < 1.29 is 9.66 Å². The first-order valence-corrected chi connectivity index (χ1v) is 6.53. The number of hydrogen-bond donors (Lipinski definition) is 0. The van der Waals surface area contributed by atoms with Crippen LogP contribution in [-0.4, -0.2) is 31.2 Å². The summed E-state index contributed by atoms with van der Waals surface area (Å²) in [5.41, 5.74) is 0.967. The zero-order chi connectivity index (χ0) is 14.7. The molecule has 0 radical (unpaired) electrons. The summed E-state index contributed by atoms with van der Waals surface area (Å²) in [4.78, 5) is 12.7. The van der Waals surface area contributed by atoms with Crippen molar-refractivity contribution in [2.24, 2.45) is 5.92 Å². The molecule has 0 aromatic heterocycles. The summed E-state index contributed by atoms with van der Waals surface area (Å²) < 4.78 is 5.44. The number of hydrogen-bond acceptors (Lipinski definition) is 5. The number of nitriles is 1. The highest BCUT2D eigenvalue weighted by molar-refractivity contribution is 5.66. The number of rotatable bonds is 3. The summed E-state index contributed by atoms with van der Waals surface area (Å²) in [6.45, 7) is 3.45. The third-order valence-electron chi connectivity index (χ3n) is 3.83. The lowest BCUT2D eigenvalue weighted by atomic mass is 9.95. The van der Waals surface area contributed by atoms with E-state index in [9.17, 15) is 10.1 Å². The molecule has 0 N–H and O–H groups in total. The van der Waals surface area contributed by atoms with Gasteiger partial charge in [0, 0.05) is 26.3 Å². The molecule has 2 atom stereocenters. The Morgan fingerprint density at radius 2 is 2.30 bits per heavy atom. The van der Waals surface area contributed by atoms with E-state index >= 15 is 0 Å². The van der Waals surface area contributed by atoms with Crippen molar-refractivity contribution in [3.05, 3.63) is 33.9 Å². The fourth-order valence-corrected chi connectivity index (χ4v) is 2.56. The van der Waals surface area contributed by atoms with Crippen LogP contribution >= 0.6 is 0 Å². The molecule has 1 aromatic carbocycles. The molecule has 2 rings (SSSR count). The van der Waals surface area contributed by atoms with Gasteiger partial charge in [0.05, 0.1) is 22.7 Å². The Morgan fingerprint density at radius 1 is 1.55 bits per heavy atom. The number of nitro groups is 1. The summed E-state index contributed by atoms with van der Waals surface area (Å²) in [6, 6.07) is 6.48. The van der Waals surface area contributed by atoms with Gasteiger partial charge in [-0.15, -0.1) is 0 Å². The highest BCUT2D eigenvalue weighted by Gasteiger charge is 2.29. The minimum atomic E-state index is -0.406. The SMILES string of the molecule is COC1CN(c2cc(C#N)ccc2[N+](=O)[O-])CCC1C. The minimum Gasteiger partial charge on any atom is -0.379 e. The number of piperidine rings is 1. The number of methoxy groups -OCH3 is 1. The van der Waals surface area contributed by atoms with Crippen LogP contribution in [0.25, 0.3) is 0 Å². The maximum absolute atomic E-state index is 11.1. The lowest BCUT2D eigenvalue weighted by Crippen LogP contribution is -2.44. The Balaban J connectivity index is 2.36. The molecule has 0 amide bonds. The molecule has 0 saturated carbocycles. The van der Waals surface area contributed by atoms with E-state index in [0.717, 1.165) is 13.0 Å². The zero-order valence-electron chi connectivity index (χ0n) is 11.6. The molecule has 1 aromatic rings. The third kappa shape index (κ3) is 2.73. The molecule has 1 aliphatic rings. The summed E-state index contributed by atoms with van der Waals surface area (Å²) in [5.74, 6) is 0.425. The molecule has 0 bridgehead atoms. The lowest BCUT2D eigenvalue weighted by Gasteiger charge is -2.37. The van der Waals surface area contributed by atoms with E-state index < -0.39 is 4.92 Å². The predicted octanol–water partition coefficient (Wildman–Crippen LogP) is 2.33. The zero-order valence-corrected chi connectivity index (χ0v) is 11.6. The maximum atomic E-state index is 11.1. The van der Waals surface area contributed by atoms with Gasteiger partial charge in [0.2, 0.25) is 0 Å². The molecule has 6 heteroatoms. The Hall–Kier alpha value is -2.13. The highest BCUT2D eigenvalue weighted by Crippen LogP contribution is 2.32. The van der Waals surface area contributed by atoms with Gasteiger partial charge in [-0.05, 0) is 24.5 Å². The van der Waals surface area contributed by atoms with E-state index in [4.69, 9.17) is 10.00 Å². The molecule has 106 valence electrons. The van der Waals surface area contributed by atoms with E-state index in [-0.39, 0.29) is 11.8 Å². The van der Waals surface area contributed by atoms with Gasteiger partial charge in [-0.3, -0.25) is 10.1 Å². The average molecular weight is 275 g/mol. The minimum absolute atomic E-state index is 0.0356. The van der Waals surface area contributed by atoms with Crippen LogP contribution in [0.5, 0.6) is 0 Å². The van der Waals surface area contributed by atoms with Gasteiger partial charge in [-0.2, -0.15) is 5.26 Å². The number of ether oxygens (including phenoxy) is 1. The number of nitro benzene ring substituents is 1.